The fraction of sp³-hybridized carbons (Fsp3) is 0.267. The van der Waals surface area contributed by atoms with Crippen molar-refractivity contribution in [2.75, 3.05) is 11.4 Å². The first kappa shape index (κ1) is 14.9. The highest BCUT2D eigenvalue weighted by Crippen LogP contribution is 2.20. The van der Waals surface area contributed by atoms with E-state index in [4.69, 9.17) is 4.42 Å². The largest absolute Gasteiger partial charge is 0.419 e. The summed E-state index contributed by atoms with van der Waals surface area (Å²) in [6.45, 7) is 4.13. The Bertz CT molecular complexity index is 824. The van der Waals surface area contributed by atoms with E-state index < -0.39 is 0 Å². The molecule has 23 heavy (non-hydrogen) atoms. The number of pyridine rings is 1. The van der Waals surface area contributed by atoms with Gasteiger partial charge >= 0.3 is 0 Å². The third-order valence-corrected chi connectivity index (χ3v) is 3.44. The van der Waals surface area contributed by atoms with Crippen LogP contribution in [0.3, 0.4) is 0 Å². The molecule has 0 unspecified atom stereocenters. The molecule has 118 valence electrons. The molecule has 0 aliphatic rings. The number of carbonyl (C=O) groups excluding carboxylic acids is 1. The highest BCUT2D eigenvalue weighted by molar-refractivity contribution is 6.05. The smallest absolute Gasteiger partial charge is 0.283 e. The topological polar surface area (TPSA) is 89.9 Å². The van der Waals surface area contributed by atoms with Gasteiger partial charge in [0.15, 0.2) is 5.82 Å². The fourth-order valence-corrected chi connectivity index (χ4v) is 2.29. The molecular weight excluding hydrogens is 296 g/mol. The molecule has 0 aromatic carbocycles. The number of rotatable bonds is 4. The molecule has 0 aliphatic carbocycles. The van der Waals surface area contributed by atoms with Gasteiger partial charge in [0.2, 0.25) is 5.89 Å². The van der Waals surface area contributed by atoms with Crippen LogP contribution in [0.2, 0.25) is 0 Å². The summed E-state index contributed by atoms with van der Waals surface area (Å²) in [4.78, 5) is 22.7. The standard InChI is InChI=1S/C15H16N6O2/c1-4-21(11-6-5-7-16-8-11)15(22)12-9-17-13(20(12)3)14-19-18-10(2)23-14/h5-9H,4H2,1-3H3. The Hall–Kier alpha value is -3.03. The molecule has 0 bridgehead atoms. The molecule has 3 rings (SSSR count). The average Bonchev–Trinajstić information content (AvgIpc) is 3.14. The van der Waals surface area contributed by atoms with Crippen LogP contribution in [0.1, 0.15) is 23.3 Å². The van der Waals surface area contributed by atoms with Crippen molar-refractivity contribution in [2.45, 2.75) is 13.8 Å². The number of hydrogen-bond donors (Lipinski definition) is 0. The number of aryl methyl sites for hydroxylation is 1. The molecule has 0 fully saturated rings. The summed E-state index contributed by atoms with van der Waals surface area (Å²) in [7, 11) is 1.74. The number of imidazole rings is 1. The van der Waals surface area contributed by atoms with Crippen LogP contribution in [-0.2, 0) is 7.05 Å². The second-order valence-electron chi connectivity index (χ2n) is 4.91. The Labute approximate surface area is 132 Å². The minimum Gasteiger partial charge on any atom is -0.419 e. The quantitative estimate of drug-likeness (QED) is 0.730. The van der Waals surface area contributed by atoms with Gasteiger partial charge in [-0.2, -0.15) is 0 Å². The third kappa shape index (κ3) is 2.70. The Morgan fingerprint density at radius 2 is 2.17 bits per heavy atom. The molecule has 0 radical (unpaired) electrons. The summed E-state index contributed by atoms with van der Waals surface area (Å²) in [5.74, 6) is 1.02. The minimum atomic E-state index is -0.169. The predicted octanol–water partition coefficient (Wildman–Crippen LogP) is 1.84. The lowest BCUT2D eigenvalue weighted by atomic mass is 10.3. The van der Waals surface area contributed by atoms with Crippen LogP contribution >= 0.6 is 0 Å². The van der Waals surface area contributed by atoms with E-state index in [1.165, 1.54) is 6.20 Å². The first-order valence-corrected chi connectivity index (χ1v) is 7.16. The van der Waals surface area contributed by atoms with Gasteiger partial charge < -0.3 is 13.9 Å². The predicted molar refractivity (Wildman–Crippen MR) is 82.8 cm³/mol. The maximum Gasteiger partial charge on any atom is 0.283 e. The fourth-order valence-electron chi connectivity index (χ4n) is 2.29. The van der Waals surface area contributed by atoms with Crippen LogP contribution in [0.25, 0.3) is 11.7 Å². The first-order chi connectivity index (χ1) is 11.1. The maximum absolute atomic E-state index is 12.8. The number of aromatic nitrogens is 5. The van der Waals surface area contributed by atoms with Crippen LogP contribution < -0.4 is 4.90 Å². The summed E-state index contributed by atoms with van der Waals surface area (Å²) in [5.41, 5.74) is 1.16. The van der Waals surface area contributed by atoms with Crippen LogP contribution in [0.15, 0.2) is 35.1 Å². The highest BCUT2D eigenvalue weighted by atomic mass is 16.4. The Morgan fingerprint density at radius 3 is 2.78 bits per heavy atom. The van der Waals surface area contributed by atoms with Crippen molar-refractivity contribution < 1.29 is 9.21 Å². The number of nitrogens with zero attached hydrogens (tertiary/aromatic N) is 6. The summed E-state index contributed by atoms with van der Waals surface area (Å²) in [6.07, 6.45) is 4.83. The van der Waals surface area contributed by atoms with Crippen molar-refractivity contribution in [2.24, 2.45) is 7.05 Å². The molecule has 8 nitrogen and oxygen atoms in total. The number of amides is 1. The van der Waals surface area contributed by atoms with Crippen LogP contribution in [0, 0.1) is 6.92 Å². The highest BCUT2D eigenvalue weighted by Gasteiger charge is 2.23. The second-order valence-corrected chi connectivity index (χ2v) is 4.91. The van der Waals surface area contributed by atoms with Gasteiger partial charge in [0, 0.05) is 26.7 Å². The van der Waals surface area contributed by atoms with Crippen molar-refractivity contribution in [3.05, 3.63) is 42.3 Å². The maximum atomic E-state index is 12.8. The van der Waals surface area contributed by atoms with E-state index in [1.807, 2.05) is 13.0 Å². The summed E-state index contributed by atoms with van der Waals surface area (Å²) in [5, 5.41) is 7.72. The zero-order chi connectivity index (χ0) is 16.4. The SMILES string of the molecule is CCN(C(=O)c1cnc(-c2nnc(C)o2)n1C)c1cccnc1. The number of carbonyl (C=O) groups is 1. The molecule has 1 amide bonds. The van der Waals surface area contributed by atoms with Crippen molar-refractivity contribution in [3.63, 3.8) is 0 Å². The van der Waals surface area contributed by atoms with E-state index in [0.29, 0.717) is 24.0 Å². The molecule has 0 saturated carbocycles. The first-order valence-electron chi connectivity index (χ1n) is 7.16. The van der Waals surface area contributed by atoms with Crippen molar-refractivity contribution in [1.82, 2.24) is 24.7 Å². The Kier molecular flexibility index (Phi) is 3.88. The Morgan fingerprint density at radius 1 is 1.35 bits per heavy atom. The summed E-state index contributed by atoms with van der Waals surface area (Å²) < 4.78 is 7.02. The zero-order valence-corrected chi connectivity index (χ0v) is 13.1. The van der Waals surface area contributed by atoms with E-state index >= 15 is 0 Å². The molecule has 3 aromatic rings. The van der Waals surface area contributed by atoms with Crippen LogP contribution in [-0.4, -0.2) is 37.2 Å². The van der Waals surface area contributed by atoms with Gasteiger partial charge in [-0.3, -0.25) is 9.78 Å². The lowest BCUT2D eigenvalue weighted by molar-refractivity contribution is 0.0980. The van der Waals surface area contributed by atoms with E-state index in [0.717, 1.165) is 5.69 Å². The van der Waals surface area contributed by atoms with Crippen molar-refractivity contribution in [1.29, 1.82) is 0 Å². The molecule has 0 atom stereocenters. The summed E-state index contributed by atoms with van der Waals surface area (Å²) >= 11 is 0. The third-order valence-electron chi connectivity index (χ3n) is 3.44. The summed E-state index contributed by atoms with van der Waals surface area (Å²) in [6, 6.07) is 3.63. The van der Waals surface area contributed by atoms with E-state index in [9.17, 15) is 4.79 Å². The van der Waals surface area contributed by atoms with Gasteiger partial charge in [0.1, 0.15) is 5.69 Å². The second kappa shape index (κ2) is 5.99. The monoisotopic (exact) mass is 312 g/mol. The molecule has 0 N–H and O–H groups in total. The van der Waals surface area contributed by atoms with Gasteiger partial charge in [-0.25, -0.2) is 4.98 Å². The van der Waals surface area contributed by atoms with E-state index in [-0.39, 0.29) is 11.8 Å². The minimum absolute atomic E-state index is 0.169. The molecule has 8 heteroatoms. The molecule has 3 heterocycles. The van der Waals surface area contributed by atoms with Gasteiger partial charge in [-0.1, -0.05) is 0 Å². The molecule has 3 aromatic heterocycles. The molecule has 0 aliphatic heterocycles. The van der Waals surface area contributed by atoms with E-state index in [2.05, 4.69) is 20.2 Å². The van der Waals surface area contributed by atoms with E-state index in [1.54, 1.807) is 41.9 Å². The van der Waals surface area contributed by atoms with Crippen LogP contribution in [0.5, 0.6) is 0 Å². The van der Waals surface area contributed by atoms with Crippen molar-refractivity contribution in [3.8, 4) is 11.7 Å². The normalized spacial score (nSPS) is 10.7. The number of hydrogen-bond acceptors (Lipinski definition) is 6. The zero-order valence-electron chi connectivity index (χ0n) is 13.1. The average molecular weight is 312 g/mol. The van der Waals surface area contributed by atoms with Gasteiger partial charge in [-0.15, -0.1) is 10.2 Å². The van der Waals surface area contributed by atoms with Gasteiger partial charge in [0.25, 0.3) is 11.8 Å². The molecular formula is C15H16N6O2. The molecule has 0 saturated heterocycles. The number of anilines is 1. The van der Waals surface area contributed by atoms with Crippen molar-refractivity contribution >= 4 is 11.6 Å². The van der Waals surface area contributed by atoms with Gasteiger partial charge in [-0.05, 0) is 19.1 Å². The lowest BCUT2D eigenvalue weighted by Crippen LogP contribution is -2.32. The Balaban J connectivity index is 1.95. The lowest BCUT2D eigenvalue weighted by Gasteiger charge is -2.20. The van der Waals surface area contributed by atoms with Crippen LogP contribution in [0.4, 0.5) is 5.69 Å². The molecule has 0 spiro atoms. The van der Waals surface area contributed by atoms with Gasteiger partial charge in [0.05, 0.1) is 18.1 Å².